The number of methoxy groups -OCH3 is 1. The number of rotatable bonds is 11. The molecule has 0 saturated carbocycles. The minimum Gasteiger partial charge on any atom is -0.504 e. The van der Waals surface area contributed by atoms with E-state index in [4.69, 9.17) is 15.2 Å². The molecule has 1 aliphatic rings. The van der Waals surface area contributed by atoms with Crippen LogP contribution in [0.5, 0.6) is 11.5 Å². The molecule has 0 bridgehead atoms. The quantitative estimate of drug-likeness (QED) is 0.0812. The Morgan fingerprint density at radius 2 is 2.16 bits per heavy atom. The Morgan fingerprint density at radius 3 is 2.82 bits per heavy atom. The van der Waals surface area contributed by atoms with Crippen molar-refractivity contribution in [2.45, 2.75) is 70.7 Å². The van der Waals surface area contributed by atoms with Gasteiger partial charge in [-0.3, -0.25) is 9.79 Å². The second kappa shape index (κ2) is 15.4. The molecule has 5 atom stereocenters. The predicted molar refractivity (Wildman–Crippen MR) is 147 cm³/mol. The third-order valence-corrected chi connectivity index (χ3v) is 6.83. The second-order valence-electron chi connectivity index (χ2n) is 10.1. The lowest BCUT2D eigenvalue weighted by atomic mass is 9.77. The molecule has 1 aromatic rings. The molecule has 2 rings (SSSR count). The van der Waals surface area contributed by atoms with Crippen LogP contribution in [0.3, 0.4) is 0 Å². The van der Waals surface area contributed by atoms with Crippen LogP contribution < -0.4 is 21.1 Å². The summed E-state index contributed by atoms with van der Waals surface area (Å²) in [5, 5.41) is 37.0. The Hall–Kier alpha value is -3.00. The Balaban J connectivity index is 2.38. The van der Waals surface area contributed by atoms with Gasteiger partial charge in [0.2, 0.25) is 0 Å². The van der Waals surface area contributed by atoms with Crippen LogP contribution in [0, 0.1) is 23.2 Å². The Bertz CT molecular complexity index is 989. The number of benzene rings is 1. The number of esters is 1. The summed E-state index contributed by atoms with van der Waals surface area (Å²) < 4.78 is 10.9. The van der Waals surface area contributed by atoms with E-state index in [9.17, 15) is 20.1 Å². The van der Waals surface area contributed by atoms with Gasteiger partial charge in [0.05, 0.1) is 24.7 Å². The van der Waals surface area contributed by atoms with Gasteiger partial charge in [-0.15, -0.1) is 5.92 Å². The van der Waals surface area contributed by atoms with Crippen LogP contribution in [0.1, 0.15) is 51.5 Å². The molecule has 0 unspecified atom stereocenters. The third kappa shape index (κ3) is 10.4. The SMILES string of the molecule is CN=C(N)NC[C@]1(CCNC[C@H](C)O)C#CC[C@H](Cc2ccc(O)c(OC)c2)[C@@H](OC(C)=O)C[C@@H](O)CC1. The first-order valence-electron chi connectivity index (χ1n) is 13.1. The smallest absolute Gasteiger partial charge is 0.302 e. The molecule has 10 heteroatoms. The molecule has 38 heavy (non-hydrogen) atoms. The number of aliphatic hydroxyl groups excluding tert-OH is 2. The number of hydrogen-bond acceptors (Lipinski definition) is 8. The lowest BCUT2D eigenvalue weighted by molar-refractivity contribution is -0.151. The summed E-state index contributed by atoms with van der Waals surface area (Å²) in [6.07, 6.45) is 1.33. The Kier molecular flexibility index (Phi) is 12.7. The highest BCUT2D eigenvalue weighted by Crippen LogP contribution is 2.33. The van der Waals surface area contributed by atoms with Crippen LogP contribution in [-0.4, -0.2) is 79.4 Å². The number of hydrogen-bond donors (Lipinski definition) is 6. The molecule has 0 heterocycles. The molecule has 0 aromatic heterocycles. The molecule has 0 fully saturated rings. The van der Waals surface area contributed by atoms with E-state index < -0.39 is 29.7 Å². The van der Waals surface area contributed by atoms with Gasteiger partial charge in [0.25, 0.3) is 0 Å². The first kappa shape index (κ1) is 31.2. The van der Waals surface area contributed by atoms with Crippen LogP contribution in [0.2, 0.25) is 0 Å². The van der Waals surface area contributed by atoms with Crippen molar-refractivity contribution in [3.05, 3.63) is 23.8 Å². The summed E-state index contributed by atoms with van der Waals surface area (Å²) in [5.41, 5.74) is 6.32. The van der Waals surface area contributed by atoms with E-state index in [0.29, 0.717) is 69.9 Å². The minimum atomic E-state index is -0.696. The van der Waals surface area contributed by atoms with Gasteiger partial charge in [0, 0.05) is 45.8 Å². The predicted octanol–water partition coefficient (Wildman–Crippen LogP) is 1.31. The van der Waals surface area contributed by atoms with Crippen LogP contribution >= 0.6 is 0 Å². The van der Waals surface area contributed by atoms with Gasteiger partial charge in [-0.25, -0.2) is 0 Å². The first-order valence-corrected chi connectivity index (χ1v) is 13.1. The Labute approximate surface area is 226 Å². The van der Waals surface area contributed by atoms with E-state index in [1.165, 1.54) is 14.0 Å². The largest absolute Gasteiger partial charge is 0.504 e. The number of nitrogens with two attached hydrogens (primary N) is 1. The number of aliphatic hydroxyl groups is 2. The summed E-state index contributed by atoms with van der Waals surface area (Å²) in [6, 6.07) is 5.14. The van der Waals surface area contributed by atoms with Crippen molar-refractivity contribution < 1.29 is 29.6 Å². The van der Waals surface area contributed by atoms with Crippen molar-refractivity contribution in [1.29, 1.82) is 0 Å². The number of aromatic hydroxyl groups is 1. The number of guanidine groups is 1. The summed E-state index contributed by atoms with van der Waals surface area (Å²) >= 11 is 0. The van der Waals surface area contributed by atoms with Crippen molar-refractivity contribution in [2.75, 3.05) is 33.8 Å². The number of phenols is 1. The maximum atomic E-state index is 11.9. The number of aliphatic imine (C=N–C) groups is 1. The van der Waals surface area contributed by atoms with Crippen LogP contribution in [0.15, 0.2) is 23.2 Å². The van der Waals surface area contributed by atoms with Gasteiger partial charge >= 0.3 is 5.97 Å². The lowest BCUT2D eigenvalue weighted by Gasteiger charge is -2.33. The second-order valence-corrected chi connectivity index (χ2v) is 10.1. The number of carbonyl (C=O) groups excluding carboxylic acids is 1. The van der Waals surface area contributed by atoms with Gasteiger partial charge in [-0.2, -0.15) is 0 Å². The average molecular weight is 533 g/mol. The molecule has 0 spiro atoms. The van der Waals surface area contributed by atoms with Crippen molar-refractivity contribution in [3.8, 4) is 23.3 Å². The van der Waals surface area contributed by atoms with E-state index >= 15 is 0 Å². The summed E-state index contributed by atoms with van der Waals surface area (Å²) in [5.74, 6) is 6.97. The van der Waals surface area contributed by atoms with Gasteiger partial charge in [0.15, 0.2) is 17.5 Å². The molecule has 0 radical (unpaired) electrons. The molecule has 0 aliphatic heterocycles. The minimum absolute atomic E-state index is 0.0466. The maximum absolute atomic E-state index is 11.9. The van der Waals surface area contributed by atoms with E-state index in [1.807, 2.05) is 0 Å². The van der Waals surface area contributed by atoms with Crippen molar-refractivity contribution in [1.82, 2.24) is 10.6 Å². The van der Waals surface area contributed by atoms with Gasteiger partial charge in [0.1, 0.15) is 6.10 Å². The lowest BCUT2D eigenvalue weighted by Crippen LogP contribution is -2.43. The van der Waals surface area contributed by atoms with Crippen LogP contribution in [0.25, 0.3) is 0 Å². The highest BCUT2D eigenvalue weighted by atomic mass is 16.5. The average Bonchev–Trinajstić information content (AvgIpc) is 2.87. The number of carbonyl (C=O) groups is 1. The maximum Gasteiger partial charge on any atom is 0.302 e. The Morgan fingerprint density at radius 1 is 1.39 bits per heavy atom. The first-order chi connectivity index (χ1) is 18.1. The van der Waals surface area contributed by atoms with Crippen LogP contribution in [0.4, 0.5) is 0 Å². The molecule has 0 amide bonds. The van der Waals surface area contributed by atoms with E-state index in [2.05, 4.69) is 27.5 Å². The third-order valence-electron chi connectivity index (χ3n) is 6.83. The molecule has 1 aromatic carbocycles. The molecular formula is C28H44N4O6. The number of ether oxygens (including phenoxy) is 2. The monoisotopic (exact) mass is 532 g/mol. The molecule has 10 nitrogen and oxygen atoms in total. The summed E-state index contributed by atoms with van der Waals surface area (Å²) in [4.78, 5) is 15.9. The normalized spacial score (nSPS) is 25.0. The molecule has 7 N–H and O–H groups in total. The van der Waals surface area contributed by atoms with Crippen molar-refractivity contribution in [2.24, 2.45) is 22.1 Å². The van der Waals surface area contributed by atoms with E-state index in [-0.39, 0.29) is 11.7 Å². The zero-order valence-electron chi connectivity index (χ0n) is 23.0. The molecule has 1 aliphatic carbocycles. The van der Waals surface area contributed by atoms with Crippen molar-refractivity contribution in [3.63, 3.8) is 0 Å². The molecular weight excluding hydrogens is 488 g/mol. The summed E-state index contributed by atoms with van der Waals surface area (Å²) in [7, 11) is 3.10. The van der Waals surface area contributed by atoms with Crippen molar-refractivity contribution >= 4 is 11.9 Å². The topological polar surface area (TPSA) is 159 Å². The fourth-order valence-electron chi connectivity index (χ4n) is 4.68. The standard InChI is InChI=1S/C28H44N4O6/c1-19(33)17-31-13-12-28(18-32-27(29)30-3)10-5-6-22(14-21-7-8-24(36)26(15-21)37-4)25(38-20(2)34)16-23(35)9-11-28/h7-8,15,19,22-23,25,31,33,35-36H,6,9,11-14,16-18H2,1-4H3,(H3,29,30,32)/t19-,22+,23-,25-,28+/m0/s1. The fourth-order valence-corrected chi connectivity index (χ4v) is 4.68. The van der Waals surface area contributed by atoms with Crippen LogP contribution in [-0.2, 0) is 16.0 Å². The molecule has 0 saturated heterocycles. The van der Waals surface area contributed by atoms with Gasteiger partial charge < -0.3 is 41.2 Å². The number of nitrogens with one attached hydrogen (secondary N) is 2. The molecule has 212 valence electrons. The highest BCUT2D eigenvalue weighted by molar-refractivity contribution is 5.77. The van der Waals surface area contributed by atoms with E-state index in [1.54, 1.807) is 32.2 Å². The highest BCUT2D eigenvalue weighted by Gasteiger charge is 2.33. The number of phenolic OH excluding ortho intramolecular Hbond substituents is 1. The van der Waals surface area contributed by atoms with E-state index in [0.717, 1.165) is 5.56 Å². The van der Waals surface area contributed by atoms with Gasteiger partial charge in [-0.05, 0) is 56.8 Å². The number of nitrogens with zero attached hydrogens (tertiary/aromatic N) is 1. The zero-order chi connectivity index (χ0) is 28.1. The van der Waals surface area contributed by atoms with Gasteiger partial charge in [-0.1, -0.05) is 12.0 Å². The zero-order valence-corrected chi connectivity index (χ0v) is 23.0. The summed E-state index contributed by atoms with van der Waals surface area (Å²) in [6.45, 7) is 4.66. The fraction of sp³-hybridized carbons (Fsp3) is 0.643.